The number of hydrogen-bond donors (Lipinski definition) is 2. The van der Waals surface area contributed by atoms with Crippen LogP contribution in [0.15, 0.2) is 18.5 Å². The third kappa shape index (κ3) is 1.07. The molecular formula is C9H9N3O. The molecule has 0 aliphatic heterocycles. The minimum atomic E-state index is -0.414. The average Bonchev–Trinajstić information content (AvgIpc) is 2.52. The van der Waals surface area contributed by atoms with Crippen molar-refractivity contribution in [1.82, 2.24) is 9.97 Å². The summed E-state index contributed by atoms with van der Waals surface area (Å²) in [6, 6.07) is 3.51. The summed E-state index contributed by atoms with van der Waals surface area (Å²) in [4.78, 5) is 18.0. The number of benzene rings is 1. The Morgan fingerprint density at radius 3 is 3.00 bits per heavy atom. The van der Waals surface area contributed by atoms with Crippen LogP contribution in [0.5, 0.6) is 0 Å². The van der Waals surface area contributed by atoms with Crippen LogP contribution in [0.3, 0.4) is 0 Å². The molecule has 0 aliphatic rings. The van der Waals surface area contributed by atoms with Crippen LogP contribution in [0.2, 0.25) is 0 Å². The van der Waals surface area contributed by atoms with Gasteiger partial charge < -0.3 is 10.7 Å². The Morgan fingerprint density at radius 2 is 2.31 bits per heavy atom. The quantitative estimate of drug-likeness (QED) is 0.677. The lowest BCUT2D eigenvalue weighted by atomic mass is 10.1. The summed E-state index contributed by atoms with van der Waals surface area (Å²) >= 11 is 0. The fourth-order valence-electron chi connectivity index (χ4n) is 1.42. The highest BCUT2D eigenvalue weighted by Gasteiger charge is 2.08. The van der Waals surface area contributed by atoms with Crippen LogP contribution < -0.4 is 5.73 Å². The number of imidazole rings is 1. The van der Waals surface area contributed by atoms with Gasteiger partial charge >= 0.3 is 0 Å². The Morgan fingerprint density at radius 1 is 1.54 bits per heavy atom. The summed E-state index contributed by atoms with van der Waals surface area (Å²) in [6.45, 7) is 1.84. The second kappa shape index (κ2) is 2.58. The van der Waals surface area contributed by atoms with E-state index in [0.717, 1.165) is 16.6 Å². The maximum Gasteiger partial charge on any atom is 0.249 e. The zero-order valence-corrected chi connectivity index (χ0v) is 7.16. The molecule has 0 saturated heterocycles. The van der Waals surface area contributed by atoms with Crippen molar-refractivity contribution >= 4 is 16.9 Å². The molecule has 0 saturated carbocycles. The van der Waals surface area contributed by atoms with E-state index < -0.39 is 5.91 Å². The number of aromatic nitrogens is 2. The summed E-state index contributed by atoms with van der Waals surface area (Å²) in [5.74, 6) is -0.414. The van der Waals surface area contributed by atoms with Gasteiger partial charge in [-0.1, -0.05) is 0 Å². The topological polar surface area (TPSA) is 71.8 Å². The van der Waals surface area contributed by atoms with Crippen molar-refractivity contribution in [2.24, 2.45) is 5.73 Å². The summed E-state index contributed by atoms with van der Waals surface area (Å²) in [7, 11) is 0. The van der Waals surface area contributed by atoms with Crippen molar-refractivity contribution in [1.29, 1.82) is 0 Å². The molecule has 0 radical (unpaired) electrons. The molecule has 0 fully saturated rings. The Balaban J connectivity index is 2.80. The number of carbonyl (C=O) groups is 1. The normalized spacial score (nSPS) is 10.5. The Hall–Kier alpha value is -1.84. The van der Waals surface area contributed by atoms with Gasteiger partial charge in [-0.3, -0.25) is 4.79 Å². The molecule has 4 heteroatoms. The average molecular weight is 175 g/mol. The van der Waals surface area contributed by atoms with Crippen LogP contribution in [0.1, 0.15) is 15.9 Å². The summed E-state index contributed by atoms with van der Waals surface area (Å²) < 4.78 is 0. The van der Waals surface area contributed by atoms with Crippen LogP contribution in [-0.4, -0.2) is 15.9 Å². The van der Waals surface area contributed by atoms with Gasteiger partial charge in [-0.2, -0.15) is 0 Å². The molecular weight excluding hydrogens is 166 g/mol. The molecule has 13 heavy (non-hydrogen) atoms. The zero-order valence-electron chi connectivity index (χ0n) is 7.16. The molecule has 66 valence electrons. The summed E-state index contributed by atoms with van der Waals surface area (Å²) in [5, 5.41) is 0. The van der Waals surface area contributed by atoms with Gasteiger partial charge in [-0.15, -0.1) is 0 Å². The van der Waals surface area contributed by atoms with E-state index in [-0.39, 0.29) is 0 Å². The van der Waals surface area contributed by atoms with E-state index in [1.54, 1.807) is 18.5 Å². The van der Waals surface area contributed by atoms with Gasteiger partial charge in [-0.05, 0) is 24.6 Å². The molecule has 3 N–H and O–H groups in total. The maximum atomic E-state index is 11.0. The summed E-state index contributed by atoms with van der Waals surface area (Å²) in [6.07, 6.45) is 1.60. The smallest absolute Gasteiger partial charge is 0.249 e. The van der Waals surface area contributed by atoms with E-state index in [2.05, 4.69) is 9.97 Å². The predicted molar refractivity (Wildman–Crippen MR) is 49.3 cm³/mol. The fourth-order valence-corrected chi connectivity index (χ4v) is 1.42. The first kappa shape index (κ1) is 7.79. The lowest BCUT2D eigenvalue weighted by Crippen LogP contribution is -2.12. The summed E-state index contributed by atoms with van der Waals surface area (Å²) in [5.41, 5.74) is 8.27. The number of nitrogens with zero attached hydrogens (tertiary/aromatic N) is 1. The Kier molecular flexibility index (Phi) is 1.55. The highest BCUT2D eigenvalue weighted by molar-refractivity contribution is 5.98. The number of hydrogen-bond acceptors (Lipinski definition) is 2. The molecule has 0 atom stereocenters. The fraction of sp³-hybridized carbons (Fsp3) is 0.111. The van der Waals surface area contributed by atoms with Gasteiger partial charge in [0, 0.05) is 5.56 Å². The number of H-pyrrole nitrogens is 1. The van der Waals surface area contributed by atoms with Crippen molar-refractivity contribution in [2.75, 3.05) is 0 Å². The van der Waals surface area contributed by atoms with Crippen LogP contribution in [0.25, 0.3) is 11.0 Å². The zero-order chi connectivity index (χ0) is 9.42. The SMILES string of the molecule is Cc1c(C(N)=O)ccc2[nH]cnc12. The molecule has 4 nitrogen and oxygen atoms in total. The van der Waals surface area contributed by atoms with E-state index in [0.29, 0.717) is 5.56 Å². The van der Waals surface area contributed by atoms with Crippen molar-refractivity contribution in [2.45, 2.75) is 6.92 Å². The van der Waals surface area contributed by atoms with Gasteiger partial charge in [0.15, 0.2) is 0 Å². The third-order valence-corrected chi connectivity index (χ3v) is 2.11. The van der Waals surface area contributed by atoms with Crippen LogP contribution in [0, 0.1) is 6.92 Å². The lowest BCUT2D eigenvalue weighted by Gasteiger charge is -2.00. The number of amides is 1. The number of aromatic amines is 1. The second-order valence-electron chi connectivity index (χ2n) is 2.90. The number of fused-ring (bicyclic) bond motifs is 1. The second-order valence-corrected chi connectivity index (χ2v) is 2.90. The van der Waals surface area contributed by atoms with Crippen LogP contribution in [0.4, 0.5) is 0 Å². The monoisotopic (exact) mass is 175 g/mol. The van der Waals surface area contributed by atoms with E-state index in [4.69, 9.17) is 5.73 Å². The van der Waals surface area contributed by atoms with E-state index in [9.17, 15) is 4.79 Å². The highest BCUT2D eigenvalue weighted by Crippen LogP contribution is 2.17. The molecule has 1 aromatic carbocycles. The van der Waals surface area contributed by atoms with Crippen LogP contribution >= 0.6 is 0 Å². The highest BCUT2D eigenvalue weighted by atomic mass is 16.1. The standard InChI is InChI=1S/C9H9N3O/c1-5-6(9(10)13)2-3-7-8(5)12-4-11-7/h2-4H,1H3,(H2,10,13)(H,11,12). The first-order valence-electron chi connectivity index (χ1n) is 3.92. The minimum Gasteiger partial charge on any atom is -0.366 e. The number of rotatable bonds is 1. The predicted octanol–water partition coefficient (Wildman–Crippen LogP) is 0.970. The van der Waals surface area contributed by atoms with E-state index in [1.807, 2.05) is 6.92 Å². The minimum absolute atomic E-state index is 0.414. The number of nitrogens with two attached hydrogens (primary N) is 1. The van der Waals surface area contributed by atoms with Crippen molar-refractivity contribution < 1.29 is 4.79 Å². The number of nitrogens with one attached hydrogen (secondary N) is 1. The largest absolute Gasteiger partial charge is 0.366 e. The molecule has 2 rings (SSSR count). The van der Waals surface area contributed by atoms with Crippen LogP contribution in [-0.2, 0) is 0 Å². The third-order valence-electron chi connectivity index (χ3n) is 2.11. The maximum absolute atomic E-state index is 11.0. The molecule has 1 heterocycles. The number of carbonyl (C=O) groups excluding carboxylic acids is 1. The lowest BCUT2D eigenvalue weighted by molar-refractivity contribution is 0.1000. The van der Waals surface area contributed by atoms with Gasteiger partial charge in [0.05, 0.1) is 17.4 Å². The van der Waals surface area contributed by atoms with Gasteiger partial charge in [0.25, 0.3) is 0 Å². The number of aryl methyl sites for hydroxylation is 1. The first-order chi connectivity index (χ1) is 6.20. The van der Waals surface area contributed by atoms with Crippen molar-refractivity contribution in [3.63, 3.8) is 0 Å². The molecule has 0 unspecified atom stereocenters. The van der Waals surface area contributed by atoms with Crippen molar-refractivity contribution in [3.8, 4) is 0 Å². The van der Waals surface area contributed by atoms with E-state index >= 15 is 0 Å². The van der Waals surface area contributed by atoms with Crippen molar-refractivity contribution in [3.05, 3.63) is 29.6 Å². The molecule has 1 aromatic heterocycles. The Bertz CT molecular complexity index is 473. The van der Waals surface area contributed by atoms with Gasteiger partial charge in [0.1, 0.15) is 0 Å². The number of primary amides is 1. The Labute approximate surface area is 74.8 Å². The van der Waals surface area contributed by atoms with Gasteiger partial charge in [0.2, 0.25) is 5.91 Å². The molecule has 0 aliphatic carbocycles. The molecule has 0 spiro atoms. The molecule has 2 aromatic rings. The van der Waals surface area contributed by atoms with E-state index in [1.165, 1.54) is 0 Å². The first-order valence-corrected chi connectivity index (χ1v) is 3.92. The van der Waals surface area contributed by atoms with Gasteiger partial charge in [-0.25, -0.2) is 4.98 Å². The molecule has 1 amide bonds. The molecule has 0 bridgehead atoms.